The van der Waals surface area contributed by atoms with Crippen LogP contribution in [0, 0.1) is 11.8 Å². The minimum Gasteiger partial charge on any atom is -0.127 e. The van der Waals surface area contributed by atoms with E-state index in [4.69, 9.17) is 11.6 Å². The molecule has 0 amide bonds. The molecule has 1 rings (SSSR count). The maximum absolute atomic E-state index is 5.67. The van der Waals surface area contributed by atoms with Crippen LogP contribution in [0.5, 0.6) is 0 Å². The van der Waals surface area contributed by atoms with Crippen LogP contribution in [0.2, 0.25) is 0 Å². The molecule has 1 saturated carbocycles. The Bertz CT molecular complexity index is 145. The van der Waals surface area contributed by atoms with E-state index >= 15 is 0 Å². The SMILES string of the molecule is C=CCC1CCC(CCCCCl)CC1. The maximum atomic E-state index is 5.67. The Morgan fingerprint density at radius 3 is 2.29 bits per heavy atom. The van der Waals surface area contributed by atoms with Crippen molar-refractivity contribution in [2.45, 2.75) is 51.4 Å². The first-order chi connectivity index (χ1) is 6.86. The molecule has 0 aromatic rings. The van der Waals surface area contributed by atoms with Gasteiger partial charge in [0.2, 0.25) is 0 Å². The Morgan fingerprint density at radius 1 is 1.07 bits per heavy atom. The van der Waals surface area contributed by atoms with Gasteiger partial charge in [0, 0.05) is 5.88 Å². The summed E-state index contributed by atoms with van der Waals surface area (Å²) in [5.74, 6) is 2.78. The van der Waals surface area contributed by atoms with E-state index in [-0.39, 0.29) is 0 Å². The summed E-state index contributed by atoms with van der Waals surface area (Å²) < 4.78 is 0. The fourth-order valence-corrected chi connectivity index (χ4v) is 2.71. The van der Waals surface area contributed by atoms with Crippen LogP contribution in [-0.4, -0.2) is 5.88 Å². The largest absolute Gasteiger partial charge is 0.127 e. The first-order valence-corrected chi connectivity index (χ1v) is 6.57. The van der Waals surface area contributed by atoms with E-state index in [1.54, 1.807) is 0 Å². The molecule has 0 unspecified atom stereocenters. The molecular formula is C13H23Cl. The summed E-state index contributed by atoms with van der Waals surface area (Å²) in [4.78, 5) is 0. The second-order valence-electron chi connectivity index (χ2n) is 4.60. The highest BCUT2D eigenvalue weighted by atomic mass is 35.5. The highest BCUT2D eigenvalue weighted by Crippen LogP contribution is 2.33. The molecule has 1 fully saturated rings. The number of hydrogen-bond donors (Lipinski definition) is 0. The Morgan fingerprint density at radius 2 is 1.71 bits per heavy atom. The van der Waals surface area contributed by atoms with E-state index in [2.05, 4.69) is 12.7 Å². The van der Waals surface area contributed by atoms with Gasteiger partial charge in [-0.2, -0.15) is 0 Å². The second-order valence-corrected chi connectivity index (χ2v) is 4.97. The molecule has 1 heteroatoms. The van der Waals surface area contributed by atoms with Gasteiger partial charge in [-0.3, -0.25) is 0 Å². The Kier molecular flexibility index (Phi) is 6.34. The van der Waals surface area contributed by atoms with Crippen molar-refractivity contribution in [3.05, 3.63) is 12.7 Å². The van der Waals surface area contributed by atoms with Crippen LogP contribution in [0.15, 0.2) is 12.7 Å². The van der Waals surface area contributed by atoms with Crippen molar-refractivity contribution in [3.8, 4) is 0 Å². The summed E-state index contributed by atoms with van der Waals surface area (Å²) in [6.45, 7) is 3.82. The molecule has 0 heterocycles. The van der Waals surface area contributed by atoms with Crippen molar-refractivity contribution >= 4 is 11.6 Å². The van der Waals surface area contributed by atoms with Crippen LogP contribution in [0.25, 0.3) is 0 Å². The molecule has 0 nitrogen and oxygen atoms in total. The summed E-state index contributed by atoms with van der Waals surface area (Å²) in [6.07, 6.45) is 13.0. The Hall–Kier alpha value is 0.0300. The number of unbranched alkanes of at least 4 members (excludes halogenated alkanes) is 1. The number of hydrogen-bond acceptors (Lipinski definition) is 0. The van der Waals surface area contributed by atoms with Crippen molar-refractivity contribution in [1.82, 2.24) is 0 Å². The van der Waals surface area contributed by atoms with Crippen LogP contribution >= 0.6 is 11.6 Å². The van der Waals surface area contributed by atoms with Gasteiger partial charge in [-0.15, -0.1) is 18.2 Å². The lowest BCUT2D eigenvalue weighted by Gasteiger charge is -2.27. The lowest BCUT2D eigenvalue weighted by atomic mass is 9.79. The van der Waals surface area contributed by atoms with Gasteiger partial charge in [0.25, 0.3) is 0 Å². The van der Waals surface area contributed by atoms with E-state index in [0.29, 0.717) is 0 Å². The zero-order valence-corrected chi connectivity index (χ0v) is 9.94. The topological polar surface area (TPSA) is 0 Å². The molecule has 0 saturated heterocycles. The zero-order chi connectivity index (χ0) is 10.2. The Balaban J connectivity index is 2.06. The molecule has 0 spiro atoms. The van der Waals surface area contributed by atoms with Crippen LogP contribution in [0.1, 0.15) is 51.4 Å². The van der Waals surface area contributed by atoms with Crippen molar-refractivity contribution in [3.63, 3.8) is 0 Å². The molecule has 0 bridgehead atoms. The number of halogens is 1. The third kappa shape index (κ3) is 4.50. The predicted octanol–water partition coefficient (Wildman–Crippen LogP) is 4.78. The average Bonchev–Trinajstić information content (AvgIpc) is 2.21. The van der Waals surface area contributed by atoms with Gasteiger partial charge in [0.05, 0.1) is 0 Å². The van der Waals surface area contributed by atoms with E-state index in [1.807, 2.05) is 0 Å². The van der Waals surface area contributed by atoms with Gasteiger partial charge in [-0.1, -0.05) is 31.8 Å². The molecule has 0 atom stereocenters. The third-order valence-electron chi connectivity index (χ3n) is 3.46. The van der Waals surface area contributed by atoms with Gasteiger partial charge in [0.15, 0.2) is 0 Å². The molecule has 14 heavy (non-hydrogen) atoms. The minimum atomic E-state index is 0.839. The third-order valence-corrected chi connectivity index (χ3v) is 3.73. The summed E-state index contributed by atoms with van der Waals surface area (Å²) >= 11 is 5.67. The van der Waals surface area contributed by atoms with E-state index < -0.39 is 0 Å². The number of allylic oxidation sites excluding steroid dienone is 1. The minimum absolute atomic E-state index is 0.839. The van der Waals surface area contributed by atoms with Gasteiger partial charge >= 0.3 is 0 Å². The molecule has 0 aromatic carbocycles. The van der Waals surface area contributed by atoms with Gasteiger partial charge in [-0.05, 0) is 37.5 Å². The standard InChI is InChI=1S/C13H23Cl/c1-2-5-12-7-9-13(10-8-12)6-3-4-11-14/h2,12-13H,1,3-11H2. The van der Waals surface area contributed by atoms with Crippen LogP contribution in [0.3, 0.4) is 0 Å². The monoisotopic (exact) mass is 214 g/mol. The summed E-state index contributed by atoms with van der Waals surface area (Å²) in [7, 11) is 0. The molecule has 0 aromatic heterocycles. The molecular weight excluding hydrogens is 192 g/mol. The summed E-state index contributed by atoms with van der Waals surface area (Å²) in [5.41, 5.74) is 0. The smallest absolute Gasteiger partial charge is 0.0223 e. The van der Waals surface area contributed by atoms with Crippen molar-refractivity contribution in [1.29, 1.82) is 0 Å². The van der Waals surface area contributed by atoms with Gasteiger partial charge in [-0.25, -0.2) is 0 Å². The summed E-state index contributed by atoms with van der Waals surface area (Å²) in [5, 5.41) is 0. The van der Waals surface area contributed by atoms with E-state index in [0.717, 1.165) is 17.7 Å². The molecule has 0 radical (unpaired) electrons. The highest BCUT2D eigenvalue weighted by molar-refractivity contribution is 6.17. The number of rotatable bonds is 6. The first-order valence-electron chi connectivity index (χ1n) is 6.03. The number of alkyl halides is 1. The Labute approximate surface area is 93.7 Å². The first kappa shape index (κ1) is 12.1. The quantitative estimate of drug-likeness (QED) is 0.339. The maximum Gasteiger partial charge on any atom is 0.0223 e. The van der Waals surface area contributed by atoms with Gasteiger partial charge in [0.1, 0.15) is 0 Å². The average molecular weight is 215 g/mol. The summed E-state index contributed by atoms with van der Waals surface area (Å²) in [6, 6.07) is 0. The lowest BCUT2D eigenvalue weighted by molar-refractivity contribution is 0.261. The molecule has 82 valence electrons. The van der Waals surface area contributed by atoms with Crippen molar-refractivity contribution < 1.29 is 0 Å². The molecule has 0 aliphatic heterocycles. The molecule has 1 aliphatic rings. The zero-order valence-electron chi connectivity index (χ0n) is 9.18. The van der Waals surface area contributed by atoms with Crippen LogP contribution in [0.4, 0.5) is 0 Å². The van der Waals surface area contributed by atoms with E-state index in [9.17, 15) is 0 Å². The normalized spacial score (nSPS) is 27.5. The van der Waals surface area contributed by atoms with Crippen LogP contribution < -0.4 is 0 Å². The molecule has 1 aliphatic carbocycles. The van der Waals surface area contributed by atoms with E-state index in [1.165, 1.54) is 51.4 Å². The van der Waals surface area contributed by atoms with Crippen molar-refractivity contribution in [2.24, 2.45) is 11.8 Å². The fourth-order valence-electron chi connectivity index (χ4n) is 2.52. The second kappa shape index (κ2) is 7.34. The van der Waals surface area contributed by atoms with Crippen molar-refractivity contribution in [2.75, 3.05) is 5.88 Å². The van der Waals surface area contributed by atoms with Gasteiger partial charge < -0.3 is 0 Å². The fraction of sp³-hybridized carbons (Fsp3) is 0.846. The van der Waals surface area contributed by atoms with Crippen LogP contribution in [-0.2, 0) is 0 Å². The lowest BCUT2D eigenvalue weighted by Crippen LogP contribution is -2.14. The molecule has 0 N–H and O–H groups in total. The predicted molar refractivity (Wildman–Crippen MR) is 64.8 cm³/mol. The highest BCUT2D eigenvalue weighted by Gasteiger charge is 2.19.